The molecule has 0 fully saturated rings. The van der Waals surface area contributed by atoms with E-state index in [2.05, 4.69) is 5.32 Å². The molecule has 0 aliphatic rings. The van der Waals surface area contributed by atoms with Gasteiger partial charge in [-0.2, -0.15) is 4.31 Å². The first-order valence-electron chi connectivity index (χ1n) is 5.62. The number of rotatable bonds is 9. The highest BCUT2D eigenvalue weighted by molar-refractivity contribution is 7.89. The van der Waals surface area contributed by atoms with Crippen molar-refractivity contribution in [3.8, 4) is 0 Å². The molecule has 0 saturated heterocycles. The van der Waals surface area contributed by atoms with E-state index in [4.69, 9.17) is 4.74 Å². The molecular formula is C10H24N2O3S. The van der Waals surface area contributed by atoms with Gasteiger partial charge in [-0.1, -0.05) is 6.92 Å². The Hall–Kier alpha value is -0.170. The molecule has 0 rings (SSSR count). The van der Waals surface area contributed by atoms with E-state index in [1.165, 1.54) is 4.31 Å². The minimum absolute atomic E-state index is 0.102. The average Bonchev–Trinajstić information content (AvgIpc) is 2.18. The predicted molar refractivity (Wildman–Crippen MR) is 66.0 cm³/mol. The van der Waals surface area contributed by atoms with Crippen LogP contribution < -0.4 is 5.32 Å². The Labute approximate surface area is 99.2 Å². The smallest absolute Gasteiger partial charge is 0.214 e. The summed E-state index contributed by atoms with van der Waals surface area (Å²) in [6.07, 6.45) is 0.634. The Bertz CT molecular complexity index is 267. The molecule has 0 heterocycles. The first-order valence-corrected chi connectivity index (χ1v) is 7.23. The second-order valence-electron chi connectivity index (χ2n) is 3.78. The van der Waals surface area contributed by atoms with Crippen molar-refractivity contribution in [2.24, 2.45) is 0 Å². The number of nitrogens with zero attached hydrogens (tertiary/aromatic N) is 1. The van der Waals surface area contributed by atoms with E-state index in [0.717, 1.165) is 6.54 Å². The van der Waals surface area contributed by atoms with Crippen molar-refractivity contribution in [2.45, 2.75) is 26.3 Å². The number of hydrogen-bond acceptors (Lipinski definition) is 4. The van der Waals surface area contributed by atoms with Crippen molar-refractivity contribution < 1.29 is 13.2 Å². The predicted octanol–water partition coefficient (Wildman–Crippen LogP) is 0.283. The Morgan fingerprint density at radius 2 is 2.06 bits per heavy atom. The zero-order valence-corrected chi connectivity index (χ0v) is 11.5. The van der Waals surface area contributed by atoms with Crippen LogP contribution in [-0.4, -0.2) is 58.4 Å². The molecule has 6 heteroatoms. The van der Waals surface area contributed by atoms with Crippen molar-refractivity contribution in [3.63, 3.8) is 0 Å². The quantitative estimate of drug-likeness (QED) is 0.599. The highest BCUT2D eigenvalue weighted by atomic mass is 32.2. The molecule has 5 nitrogen and oxygen atoms in total. The zero-order chi connectivity index (χ0) is 12.6. The van der Waals surface area contributed by atoms with Gasteiger partial charge in [0.2, 0.25) is 10.0 Å². The van der Waals surface area contributed by atoms with Crippen LogP contribution in [0.1, 0.15) is 20.3 Å². The first-order chi connectivity index (χ1) is 7.49. The van der Waals surface area contributed by atoms with E-state index >= 15 is 0 Å². The summed E-state index contributed by atoms with van der Waals surface area (Å²) in [7, 11) is 0.246. The Balaban J connectivity index is 4.42. The summed E-state index contributed by atoms with van der Waals surface area (Å²) in [6.45, 7) is 5.35. The lowest BCUT2D eigenvalue weighted by Gasteiger charge is -2.26. The highest BCUT2D eigenvalue weighted by Crippen LogP contribution is 2.08. The maximum absolute atomic E-state index is 12.0. The van der Waals surface area contributed by atoms with Gasteiger partial charge >= 0.3 is 0 Å². The fourth-order valence-electron chi connectivity index (χ4n) is 1.66. The largest absolute Gasteiger partial charge is 0.383 e. The van der Waals surface area contributed by atoms with Crippen LogP contribution in [0.2, 0.25) is 0 Å². The van der Waals surface area contributed by atoms with Gasteiger partial charge in [0.25, 0.3) is 0 Å². The van der Waals surface area contributed by atoms with E-state index in [1.54, 1.807) is 7.11 Å². The molecular weight excluding hydrogens is 228 g/mol. The number of nitrogens with one attached hydrogen (secondary N) is 1. The van der Waals surface area contributed by atoms with Crippen molar-refractivity contribution in [1.29, 1.82) is 0 Å². The van der Waals surface area contributed by atoms with E-state index in [9.17, 15) is 8.42 Å². The average molecular weight is 252 g/mol. The molecule has 0 radical (unpaired) electrons. The van der Waals surface area contributed by atoms with Crippen molar-refractivity contribution in [3.05, 3.63) is 0 Å². The van der Waals surface area contributed by atoms with Crippen LogP contribution in [0.25, 0.3) is 0 Å². The van der Waals surface area contributed by atoms with Gasteiger partial charge in [0.1, 0.15) is 0 Å². The third-order valence-electron chi connectivity index (χ3n) is 2.40. The number of hydrogen-bond donors (Lipinski definition) is 1. The summed E-state index contributed by atoms with van der Waals surface area (Å²) in [4.78, 5) is 0. The Morgan fingerprint density at radius 3 is 2.50 bits per heavy atom. The summed E-state index contributed by atoms with van der Waals surface area (Å²) in [5, 5.41) is 2.94. The molecule has 0 aromatic rings. The minimum atomic E-state index is -3.15. The third kappa shape index (κ3) is 5.25. The molecule has 16 heavy (non-hydrogen) atoms. The van der Waals surface area contributed by atoms with Gasteiger partial charge < -0.3 is 10.1 Å². The van der Waals surface area contributed by atoms with E-state index in [0.29, 0.717) is 19.6 Å². The van der Waals surface area contributed by atoms with Gasteiger partial charge in [-0.3, -0.25) is 0 Å². The fraction of sp³-hybridized carbons (Fsp3) is 1.00. The van der Waals surface area contributed by atoms with Crippen LogP contribution in [0.3, 0.4) is 0 Å². The topological polar surface area (TPSA) is 58.6 Å². The molecule has 98 valence electrons. The van der Waals surface area contributed by atoms with Gasteiger partial charge in [0, 0.05) is 19.7 Å². The lowest BCUT2D eigenvalue weighted by molar-refractivity contribution is 0.142. The molecule has 1 atom stereocenters. The summed E-state index contributed by atoms with van der Waals surface area (Å²) in [5.41, 5.74) is 0. The lowest BCUT2D eigenvalue weighted by atomic mass is 10.4. The van der Waals surface area contributed by atoms with Crippen molar-refractivity contribution in [1.82, 2.24) is 9.62 Å². The third-order valence-corrected chi connectivity index (χ3v) is 4.53. The Kier molecular flexibility index (Phi) is 7.91. The molecule has 0 amide bonds. The van der Waals surface area contributed by atoms with Crippen LogP contribution in [-0.2, 0) is 14.8 Å². The molecule has 0 aromatic heterocycles. The van der Waals surface area contributed by atoms with E-state index in [-0.39, 0.29) is 11.8 Å². The second kappa shape index (κ2) is 8.00. The summed E-state index contributed by atoms with van der Waals surface area (Å²) in [5.74, 6) is 0.190. The molecule has 1 unspecified atom stereocenters. The fourth-order valence-corrected chi connectivity index (χ4v) is 3.40. The maximum Gasteiger partial charge on any atom is 0.214 e. The molecule has 0 aliphatic carbocycles. The number of sulfonamides is 1. The summed E-state index contributed by atoms with van der Waals surface area (Å²) >= 11 is 0. The van der Waals surface area contributed by atoms with Crippen LogP contribution in [0.15, 0.2) is 0 Å². The normalized spacial score (nSPS) is 14.3. The van der Waals surface area contributed by atoms with E-state index < -0.39 is 10.0 Å². The van der Waals surface area contributed by atoms with Crippen LogP contribution >= 0.6 is 0 Å². The standard InChI is InChI=1S/C10H24N2O3S/c1-5-12(10(2)9-15-4)16(13,14)8-6-7-11-3/h10-11H,5-9H2,1-4H3. The molecule has 0 saturated carbocycles. The van der Waals surface area contributed by atoms with Crippen LogP contribution in [0.4, 0.5) is 0 Å². The van der Waals surface area contributed by atoms with Gasteiger partial charge in [-0.25, -0.2) is 8.42 Å². The van der Waals surface area contributed by atoms with Crippen LogP contribution in [0.5, 0.6) is 0 Å². The van der Waals surface area contributed by atoms with Gasteiger partial charge in [-0.05, 0) is 26.9 Å². The minimum Gasteiger partial charge on any atom is -0.383 e. The molecule has 0 bridgehead atoms. The first kappa shape index (κ1) is 15.8. The highest BCUT2D eigenvalue weighted by Gasteiger charge is 2.24. The lowest BCUT2D eigenvalue weighted by Crippen LogP contribution is -2.42. The molecule has 0 aromatic carbocycles. The number of likely N-dealkylation sites (N-methyl/N-ethyl adjacent to an activating group) is 1. The van der Waals surface area contributed by atoms with Gasteiger partial charge in [0.15, 0.2) is 0 Å². The summed E-state index contributed by atoms with van der Waals surface area (Å²) < 4.78 is 30.5. The van der Waals surface area contributed by atoms with E-state index in [1.807, 2.05) is 20.9 Å². The molecule has 0 spiro atoms. The van der Waals surface area contributed by atoms with Crippen molar-refractivity contribution >= 4 is 10.0 Å². The molecule has 0 aliphatic heterocycles. The maximum atomic E-state index is 12.0. The second-order valence-corrected chi connectivity index (χ2v) is 5.82. The monoisotopic (exact) mass is 252 g/mol. The summed E-state index contributed by atoms with van der Waals surface area (Å²) in [6, 6.07) is -0.102. The SMILES string of the molecule is CCN(C(C)COC)S(=O)(=O)CCCNC. The van der Waals surface area contributed by atoms with Crippen molar-refractivity contribution in [2.75, 3.05) is 39.6 Å². The number of ether oxygens (including phenoxy) is 1. The van der Waals surface area contributed by atoms with Crippen LogP contribution in [0, 0.1) is 0 Å². The number of methoxy groups -OCH3 is 1. The van der Waals surface area contributed by atoms with Gasteiger partial charge in [0.05, 0.1) is 12.4 Å². The van der Waals surface area contributed by atoms with Gasteiger partial charge in [-0.15, -0.1) is 0 Å². The molecule has 1 N–H and O–H groups in total. The zero-order valence-electron chi connectivity index (χ0n) is 10.7. The Morgan fingerprint density at radius 1 is 1.44 bits per heavy atom.